The normalized spacial score (nSPS) is 10.1. The van der Waals surface area contributed by atoms with Gasteiger partial charge in [0.15, 0.2) is 6.61 Å². The Kier molecular flexibility index (Phi) is 6.83. The van der Waals surface area contributed by atoms with Crippen LogP contribution in [0.1, 0.15) is 16.8 Å². The summed E-state index contributed by atoms with van der Waals surface area (Å²) in [6.07, 6.45) is 0.695. The number of halogens is 1. The second kappa shape index (κ2) is 8.39. The van der Waals surface area contributed by atoms with E-state index in [2.05, 4.69) is 5.32 Å². The molecule has 1 amide bonds. The highest BCUT2D eigenvalue weighted by Crippen LogP contribution is 2.18. The molecule has 0 aliphatic carbocycles. The Morgan fingerprint density at radius 1 is 1.40 bits per heavy atom. The van der Waals surface area contributed by atoms with Gasteiger partial charge in [0.1, 0.15) is 0 Å². The number of ether oxygens (including phenoxy) is 2. The first kappa shape index (κ1) is 16.3. The van der Waals surface area contributed by atoms with E-state index >= 15 is 0 Å². The van der Waals surface area contributed by atoms with E-state index in [4.69, 9.17) is 26.8 Å². The standard InChI is InChI=1S/C13H17ClN2O4/c1-19-6-2-5-16-12(17)8-20-13(18)10-4-3-9(14)7-11(10)15/h3-4,7H,2,5-6,8,15H2,1H3,(H,16,17). The Bertz CT molecular complexity index is 479. The number of anilines is 1. The Morgan fingerprint density at radius 2 is 2.15 bits per heavy atom. The molecule has 0 aromatic heterocycles. The maximum Gasteiger partial charge on any atom is 0.340 e. The van der Waals surface area contributed by atoms with Gasteiger partial charge < -0.3 is 20.5 Å². The molecule has 3 N–H and O–H groups in total. The van der Waals surface area contributed by atoms with Gasteiger partial charge in [-0.05, 0) is 24.6 Å². The Labute approximate surface area is 122 Å². The number of amides is 1. The minimum Gasteiger partial charge on any atom is -0.452 e. The van der Waals surface area contributed by atoms with E-state index in [9.17, 15) is 9.59 Å². The molecule has 0 saturated carbocycles. The lowest BCUT2D eigenvalue weighted by molar-refractivity contribution is -0.124. The molecule has 0 aliphatic rings. The number of nitrogens with two attached hydrogens (primary N) is 1. The third-order valence-corrected chi connectivity index (χ3v) is 2.65. The van der Waals surface area contributed by atoms with E-state index in [1.807, 2.05) is 0 Å². The summed E-state index contributed by atoms with van der Waals surface area (Å²) in [5, 5.41) is 3.03. The van der Waals surface area contributed by atoms with E-state index in [-0.39, 0.29) is 23.8 Å². The van der Waals surface area contributed by atoms with Gasteiger partial charge in [0.25, 0.3) is 5.91 Å². The van der Waals surface area contributed by atoms with Crippen molar-refractivity contribution >= 4 is 29.2 Å². The molecule has 1 rings (SSSR count). The zero-order valence-corrected chi connectivity index (χ0v) is 11.9. The third kappa shape index (κ3) is 5.46. The Hall–Kier alpha value is -1.79. The summed E-state index contributed by atoms with van der Waals surface area (Å²) in [6, 6.07) is 4.43. The monoisotopic (exact) mass is 300 g/mol. The van der Waals surface area contributed by atoms with Crippen LogP contribution < -0.4 is 11.1 Å². The van der Waals surface area contributed by atoms with Crippen molar-refractivity contribution in [3.8, 4) is 0 Å². The highest BCUT2D eigenvalue weighted by atomic mass is 35.5. The van der Waals surface area contributed by atoms with Crippen LogP contribution in [0.2, 0.25) is 5.02 Å². The molecule has 0 spiro atoms. The van der Waals surface area contributed by atoms with Crippen molar-refractivity contribution in [3.05, 3.63) is 28.8 Å². The summed E-state index contributed by atoms with van der Waals surface area (Å²) in [6.45, 7) is 0.669. The molecule has 0 heterocycles. The van der Waals surface area contributed by atoms with Crippen LogP contribution in [-0.2, 0) is 14.3 Å². The Morgan fingerprint density at radius 3 is 2.80 bits per heavy atom. The molecular formula is C13H17ClN2O4. The van der Waals surface area contributed by atoms with Crippen LogP contribution >= 0.6 is 11.6 Å². The lowest BCUT2D eigenvalue weighted by atomic mass is 10.2. The van der Waals surface area contributed by atoms with Crippen molar-refractivity contribution in [1.82, 2.24) is 5.32 Å². The first-order valence-corrected chi connectivity index (χ1v) is 6.40. The van der Waals surface area contributed by atoms with Crippen LogP contribution in [0.15, 0.2) is 18.2 Å². The quantitative estimate of drug-likeness (QED) is 0.449. The lowest BCUT2D eigenvalue weighted by Gasteiger charge is -2.08. The van der Waals surface area contributed by atoms with Crippen molar-refractivity contribution in [2.75, 3.05) is 32.6 Å². The minimum atomic E-state index is -0.661. The maximum absolute atomic E-state index is 11.7. The lowest BCUT2D eigenvalue weighted by Crippen LogP contribution is -2.30. The van der Waals surface area contributed by atoms with Gasteiger partial charge >= 0.3 is 5.97 Å². The van der Waals surface area contributed by atoms with Gasteiger partial charge in [0, 0.05) is 31.0 Å². The molecule has 0 aliphatic heterocycles. The number of carbonyl (C=O) groups is 2. The van der Waals surface area contributed by atoms with Crippen molar-refractivity contribution in [3.63, 3.8) is 0 Å². The molecule has 0 radical (unpaired) electrons. The van der Waals surface area contributed by atoms with Crippen LogP contribution in [-0.4, -0.2) is 38.7 Å². The second-order valence-electron chi connectivity index (χ2n) is 4.00. The highest BCUT2D eigenvalue weighted by Gasteiger charge is 2.13. The summed E-state index contributed by atoms with van der Waals surface area (Å²) >= 11 is 5.73. The van der Waals surface area contributed by atoms with Crippen molar-refractivity contribution in [1.29, 1.82) is 0 Å². The van der Waals surface area contributed by atoms with Gasteiger partial charge in [0.2, 0.25) is 0 Å². The fraction of sp³-hybridized carbons (Fsp3) is 0.385. The molecule has 7 heteroatoms. The Balaban J connectivity index is 2.37. The summed E-state index contributed by atoms with van der Waals surface area (Å²) in [7, 11) is 1.58. The van der Waals surface area contributed by atoms with Crippen molar-refractivity contribution in [2.45, 2.75) is 6.42 Å². The van der Waals surface area contributed by atoms with Gasteiger partial charge in [-0.15, -0.1) is 0 Å². The fourth-order valence-electron chi connectivity index (χ4n) is 1.42. The number of benzene rings is 1. The van der Waals surface area contributed by atoms with Gasteiger partial charge in [-0.3, -0.25) is 4.79 Å². The largest absolute Gasteiger partial charge is 0.452 e. The van der Waals surface area contributed by atoms with Crippen LogP contribution in [0.3, 0.4) is 0 Å². The van der Waals surface area contributed by atoms with E-state index in [0.29, 0.717) is 24.6 Å². The molecule has 1 aromatic carbocycles. The molecule has 0 saturated heterocycles. The second-order valence-corrected chi connectivity index (χ2v) is 4.44. The third-order valence-electron chi connectivity index (χ3n) is 2.42. The molecule has 1 aromatic rings. The smallest absolute Gasteiger partial charge is 0.340 e. The zero-order chi connectivity index (χ0) is 15.0. The van der Waals surface area contributed by atoms with Gasteiger partial charge in [0.05, 0.1) is 5.56 Å². The van der Waals surface area contributed by atoms with E-state index in [1.54, 1.807) is 7.11 Å². The molecule has 0 atom stereocenters. The minimum absolute atomic E-state index is 0.182. The zero-order valence-electron chi connectivity index (χ0n) is 11.1. The number of nitrogens with one attached hydrogen (secondary N) is 1. The number of rotatable bonds is 7. The van der Waals surface area contributed by atoms with E-state index < -0.39 is 5.97 Å². The average Bonchev–Trinajstić information content (AvgIpc) is 2.41. The number of hydrogen-bond acceptors (Lipinski definition) is 5. The summed E-state index contributed by atoms with van der Waals surface area (Å²) < 4.78 is 9.70. The van der Waals surface area contributed by atoms with Gasteiger partial charge in [-0.25, -0.2) is 4.79 Å². The maximum atomic E-state index is 11.7. The predicted molar refractivity (Wildman–Crippen MR) is 75.6 cm³/mol. The molecule has 6 nitrogen and oxygen atoms in total. The first-order valence-electron chi connectivity index (χ1n) is 6.02. The number of esters is 1. The topological polar surface area (TPSA) is 90.6 Å². The summed E-state index contributed by atoms with van der Waals surface area (Å²) in [5.41, 5.74) is 6.04. The SMILES string of the molecule is COCCCNC(=O)COC(=O)c1ccc(Cl)cc1N. The predicted octanol–water partition coefficient (Wildman–Crippen LogP) is 1.23. The molecule has 110 valence electrons. The molecule has 0 unspecified atom stereocenters. The number of nitrogen functional groups attached to an aromatic ring is 1. The van der Waals surface area contributed by atoms with Gasteiger partial charge in [-0.1, -0.05) is 11.6 Å². The van der Waals surface area contributed by atoms with Gasteiger partial charge in [-0.2, -0.15) is 0 Å². The summed E-state index contributed by atoms with van der Waals surface area (Å²) in [5.74, 6) is -1.03. The number of carbonyl (C=O) groups excluding carboxylic acids is 2. The van der Waals surface area contributed by atoms with Crippen LogP contribution in [0, 0.1) is 0 Å². The van der Waals surface area contributed by atoms with Crippen molar-refractivity contribution in [2.24, 2.45) is 0 Å². The number of hydrogen-bond donors (Lipinski definition) is 2. The van der Waals surface area contributed by atoms with E-state index in [1.165, 1.54) is 18.2 Å². The molecular weight excluding hydrogens is 284 g/mol. The van der Waals surface area contributed by atoms with Crippen LogP contribution in [0.4, 0.5) is 5.69 Å². The van der Waals surface area contributed by atoms with Crippen molar-refractivity contribution < 1.29 is 19.1 Å². The summed E-state index contributed by atoms with van der Waals surface area (Å²) in [4.78, 5) is 23.1. The number of methoxy groups -OCH3 is 1. The molecule has 20 heavy (non-hydrogen) atoms. The average molecular weight is 301 g/mol. The fourth-order valence-corrected chi connectivity index (χ4v) is 1.60. The first-order chi connectivity index (χ1) is 9.54. The molecule has 0 bridgehead atoms. The van der Waals surface area contributed by atoms with Crippen LogP contribution in [0.5, 0.6) is 0 Å². The molecule has 0 fully saturated rings. The van der Waals surface area contributed by atoms with Crippen LogP contribution in [0.25, 0.3) is 0 Å². The van der Waals surface area contributed by atoms with E-state index in [0.717, 1.165) is 0 Å². The highest BCUT2D eigenvalue weighted by molar-refractivity contribution is 6.31.